The van der Waals surface area contributed by atoms with E-state index in [0.717, 1.165) is 21.2 Å². The summed E-state index contributed by atoms with van der Waals surface area (Å²) in [6.07, 6.45) is 0. The molecule has 3 heteroatoms. The molecular weight excluding hydrogens is 274 g/mol. The van der Waals surface area contributed by atoms with Gasteiger partial charge in [-0.1, -0.05) is 53.1 Å². The summed E-state index contributed by atoms with van der Waals surface area (Å²) in [5.41, 5.74) is 10.8. The maximum atomic E-state index is 6.26. The smallest absolute Gasteiger partial charge is 0.0545 e. The van der Waals surface area contributed by atoms with Gasteiger partial charge in [-0.3, -0.25) is 0 Å². The molecule has 0 radical (unpaired) electrons. The minimum atomic E-state index is 0.524. The van der Waals surface area contributed by atoms with E-state index in [9.17, 15) is 0 Å². The van der Waals surface area contributed by atoms with Crippen LogP contribution in [0.4, 0.5) is 0 Å². The summed E-state index contributed by atoms with van der Waals surface area (Å²) >= 11 is 8.02. The lowest BCUT2D eigenvalue weighted by Gasteiger charge is -2.10. The maximum absolute atomic E-state index is 6.26. The van der Waals surface area contributed by atoms with E-state index in [4.69, 9.17) is 17.3 Å². The van der Waals surface area contributed by atoms with Gasteiger partial charge >= 0.3 is 0 Å². The Balaban J connectivity index is 2.18. The summed E-state index contributed by atoms with van der Waals surface area (Å²) in [6.45, 7) is 4.78. The highest BCUT2D eigenvalue weighted by atomic mass is 35.5. The fourth-order valence-electron chi connectivity index (χ4n) is 2.18. The molecule has 0 aromatic heterocycles. The highest BCUT2D eigenvalue weighted by Crippen LogP contribution is 2.33. The summed E-state index contributed by atoms with van der Waals surface area (Å²) < 4.78 is 0. The minimum absolute atomic E-state index is 0.524. The van der Waals surface area contributed by atoms with Crippen molar-refractivity contribution in [1.29, 1.82) is 0 Å². The van der Waals surface area contributed by atoms with Gasteiger partial charge < -0.3 is 5.73 Å². The third-order valence-corrected chi connectivity index (χ3v) is 4.61. The molecule has 2 aromatic rings. The van der Waals surface area contributed by atoms with Crippen LogP contribution in [0.25, 0.3) is 0 Å². The van der Waals surface area contributed by atoms with Gasteiger partial charge in [0.15, 0.2) is 0 Å². The zero-order valence-electron chi connectivity index (χ0n) is 11.2. The number of thioether (sulfide) groups is 1. The van der Waals surface area contributed by atoms with Crippen molar-refractivity contribution in [3.8, 4) is 0 Å². The van der Waals surface area contributed by atoms with Crippen molar-refractivity contribution < 1.29 is 0 Å². The molecule has 0 saturated carbocycles. The van der Waals surface area contributed by atoms with Crippen molar-refractivity contribution in [2.45, 2.75) is 31.0 Å². The standard InChI is InChI=1S/C16H18ClNS/c1-11-6-12(2)8-13(7-11)10-19-16-14(9-18)4-3-5-15(16)17/h3-8H,9-10,18H2,1-2H3. The highest BCUT2D eigenvalue weighted by molar-refractivity contribution is 7.98. The molecule has 0 unspecified atom stereocenters. The number of nitrogens with two attached hydrogens (primary N) is 1. The molecule has 100 valence electrons. The SMILES string of the molecule is Cc1cc(C)cc(CSc2c(Cl)cccc2CN)c1. The molecule has 0 amide bonds. The molecule has 2 rings (SSSR count). The van der Waals surface area contributed by atoms with Crippen molar-refractivity contribution in [2.24, 2.45) is 5.73 Å². The first-order valence-electron chi connectivity index (χ1n) is 6.27. The lowest BCUT2D eigenvalue weighted by molar-refractivity contribution is 1.03. The van der Waals surface area contributed by atoms with Gasteiger partial charge in [-0.25, -0.2) is 0 Å². The molecule has 0 aliphatic carbocycles. The molecule has 19 heavy (non-hydrogen) atoms. The van der Waals surface area contributed by atoms with Crippen LogP contribution >= 0.6 is 23.4 Å². The highest BCUT2D eigenvalue weighted by Gasteiger charge is 2.07. The summed E-state index contributed by atoms with van der Waals surface area (Å²) in [4.78, 5) is 1.10. The zero-order valence-corrected chi connectivity index (χ0v) is 12.8. The molecule has 1 nitrogen and oxygen atoms in total. The van der Waals surface area contributed by atoms with Crippen LogP contribution in [0, 0.1) is 13.8 Å². The molecule has 2 aromatic carbocycles. The number of hydrogen-bond donors (Lipinski definition) is 1. The van der Waals surface area contributed by atoms with Crippen molar-refractivity contribution in [3.63, 3.8) is 0 Å². The molecule has 0 saturated heterocycles. The largest absolute Gasteiger partial charge is 0.326 e. The first kappa shape index (κ1) is 14.4. The number of benzene rings is 2. The molecule has 0 aliphatic heterocycles. The molecule has 0 aliphatic rings. The summed E-state index contributed by atoms with van der Waals surface area (Å²) in [7, 11) is 0. The van der Waals surface area contributed by atoms with Gasteiger partial charge in [-0.2, -0.15) is 0 Å². The Morgan fingerprint density at radius 2 is 1.79 bits per heavy atom. The van der Waals surface area contributed by atoms with Crippen molar-refractivity contribution in [1.82, 2.24) is 0 Å². The zero-order chi connectivity index (χ0) is 13.8. The first-order chi connectivity index (χ1) is 9.10. The van der Waals surface area contributed by atoms with Gasteiger partial charge in [0.2, 0.25) is 0 Å². The van der Waals surface area contributed by atoms with E-state index in [-0.39, 0.29) is 0 Å². The van der Waals surface area contributed by atoms with Gasteiger partial charge in [-0.05, 0) is 31.0 Å². The van der Waals surface area contributed by atoms with Crippen LogP contribution in [-0.4, -0.2) is 0 Å². The minimum Gasteiger partial charge on any atom is -0.326 e. The van der Waals surface area contributed by atoms with Crippen molar-refractivity contribution >= 4 is 23.4 Å². The Bertz CT molecular complexity index is 561. The third kappa shape index (κ3) is 3.75. The summed E-state index contributed by atoms with van der Waals surface area (Å²) in [5, 5.41) is 0.789. The van der Waals surface area contributed by atoms with Crippen molar-refractivity contribution in [3.05, 3.63) is 63.7 Å². The third-order valence-electron chi connectivity index (χ3n) is 2.93. The van der Waals surface area contributed by atoms with E-state index in [1.54, 1.807) is 11.8 Å². The van der Waals surface area contributed by atoms with E-state index < -0.39 is 0 Å². The van der Waals surface area contributed by atoms with E-state index in [0.29, 0.717) is 6.54 Å². The monoisotopic (exact) mass is 291 g/mol. The predicted molar refractivity (Wildman–Crippen MR) is 84.8 cm³/mol. The van der Waals surface area contributed by atoms with E-state index >= 15 is 0 Å². The summed E-state index contributed by atoms with van der Waals surface area (Å²) in [6, 6.07) is 12.5. The fourth-order valence-corrected chi connectivity index (χ4v) is 3.56. The van der Waals surface area contributed by atoms with E-state index in [1.165, 1.54) is 16.7 Å². The Labute approximate surface area is 124 Å². The second-order valence-corrected chi connectivity index (χ2v) is 6.11. The molecule has 0 bridgehead atoms. The fraction of sp³-hybridized carbons (Fsp3) is 0.250. The molecule has 0 heterocycles. The Morgan fingerprint density at radius 3 is 2.42 bits per heavy atom. The molecule has 0 spiro atoms. The Morgan fingerprint density at radius 1 is 1.11 bits per heavy atom. The van der Waals surface area contributed by atoms with E-state index in [1.807, 2.05) is 18.2 Å². The lowest BCUT2D eigenvalue weighted by atomic mass is 10.1. The normalized spacial score (nSPS) is 10.7. The van der Waals surface area contributed by atoms with Gasteiger partial charge in [0.25, 0.3) is 0 Å². The number of aryl methyl sites for hydroxylation is 2. The second-order valence-electron chi connectivity index (χ2n) is 4.72. The number of hydrogen-bond acceptors (Lipinski definition) is 2. The van der Waals surface area contributed by atoms with Crippen LogP contribution in [0.3, 0.4) is 0 Å². The predicted octanol–water partition coefficient (Wildman–Crippen LogP) is 4.71. The maximum Gasteiger partial charge on any atom is 0.0545 e. The van der Waals surface area contributed by atoms with Gasteiger partial charge in [0.05, 0.1) is 5.02 Å². The van der Waals surface area contributed by atoms with Crippen molar-refractivity contribution in [2.75, 3.05) is 0 Å². The Kier molecular flexibility index (Phi) is 4.92. The van der Waals surface area contributed by atoms with Crippen LogP contribution in [0.1, 0.15) is 22.3 Å². The Hall–Kier alpha value is -0.960. The quantitative estimate of drug-likeness (QED) is 0.826. The van der Waals surface area contributed by atoms with Gasteiger partial charge in [-0.15, -0.1) is 11.8 Å². The number of halogens is 1. The van der Waals surface area contributed by atoms with Crippen LogP contribution in [-0.2, 0) is 12.3 Å². The van der Waals surface area contributed by atoms with Crippen LogP contribution < -0.4 is 5.73 Å². The van der Waals surface area contributed by atoms with E-state index in [2.05, 4.69) is 32.0 Å². The number of rotatable bonds is 4. The summed E-state index contributed by atoms with van der Waals surface area (Å²) in [5.74, 6) is 0.916. The molecule has 2 N–H and O–H groups in total. The second kappa shape index (κ2) is 6.47. The van der Waals surface area contributed by atoms with Crippen LogP contribution in [0.2, 0.25) is 5.02 Å². The van der Waals surface area contributed by atoms with Gasteiger partial charge in [0.1, 0.15) is 0 Å². The van der Waals surface area contributed by atoms with Gasteiger partial charge in [0, 0.05) is 17.2 Å². The topological polar surface area (TPSA) is 26.0 Å². The van der Waals surface area contributed by atoms with Crippen LogP contribution in [0.5, 0.6) is 0 Å². The average Bonchev–Trinajstić information content (AvgIpc) is 2.36. The molecule has 0 atom stereocenters. The average molecular weight is 292 g/mol. The molecular formula is C16H18ClNS. The van der Waals surface area contributed by atoms with Crippen LogP contribution in [0.15, 0.2) is 41.3 Å². The first-order valence-corrected chi connectivity index (χ1v) is 7.64. The molecule has 0 fully saturated rings. The lowest BCUT2D eigenvalue weighted by Crippen LogP contribution is -1.98.